The Hall–Kier alpha value is -3.80. The second kappa shape index (κ2) is 10.1. The molecule has 0 aliphatic rings. The summed E-state index contributed by atoms with van der Waals surface area (Å²) >= 11 is 0. The first-order chi connectivity index (χ1) is 14.6. The van der Waals surface area contributed by atoms with E-state index < -0.39 is 5.97 Å². The average Bonchev–Trinajstić information content (AvgIpc) is 2.77. The normalized spacial score (nSPS) is 10.3. The molecule has 1 amide bonds. The lowest BCUT2D eigenvalue weighted by Crippen LogP contribution is -2.14. The lowest BCUT2D eigenvalue weighted by Gasteiger charge is -2.13. The maximum atomic E-state index is 12.7. The van der Waals surface area contributed by atoms with Crippen LogP contribution in [0.4, 0.5) is 5.69 Å². The highest BCUT2D eigenvalue weighted by atomic mass is 16.5. The Kier molecular flexibility index (Phi) is 7.05. The maximum absolute atomic E-state index is 12.7. The minimum Gasteiger partial charge on any atom is -0.491 e. The molecule has 0 atom stereocenters. The first-order valence-corrected chi connectivity index (χ1v) is 9.65. The van der Waals surface area contributed by atoms with Crippen molar-refractivity contribution >= 4 is 17.6 Å². The van der Waals surface area contributed by atoms with E-state index in [2.05, 4.69) is 5.32 Å². The zero-order valence-electron chi connectivity index (χ0n) is 16.6. The van der Waals surface area contributed by atoms with Gasteiger partial charge in [0.1, 0.15) is 18.1 Å². The Balaban J connectivity index is 1.69. The number of rotatable bonds is 9. The van der Waals surface area contributed by atoms with Gasteiger partial charge < -0.3 is 19.9 Å². The molecule has 6 heteroatoms. The Morgan fingerprint density at radius 1 is 0.900 bits per heavy atom. The van der Waals surface area contributed by atoms with Crippen molar-refractivity contribution in [1.29, 1.82) is 0 Å². The molecule has 0 aromatic heterocycles. The molecule has 30 heavy (non-hydrogen) atoms. The molecule has 3 rings (SSSR count). The van der Waals surface area contributed by atoms with Crippen molar-refractivity contribution < 1.29 is 24.2 Å². The van der Waals surface area contributed by atoms with Gasteiger partial charge in [-0.3, -0.25) is 4.79 Å². The predicted octanol–water partition coefficient (Wildman–Crippen LogP) is 5.00. The van der Waals surface area contributed by atoms with Crippen LogP contribution in [-0.2, 0) is 6.61 Å². The smallest absolute Gasteiger partial charge is 0.335 e. The summed E-state index contributed by atoms with van der Waals surface area (Å²) in [6.45, 7) is 2.86. The third kappa shape index (κ3) is 5.61. The maximum Gasteiger partial charge on any atom is 0.335 e. The molecule has 0 saturated carbocycles. The number of hydrogen-bond donors (Lipinski definition) is 2. The zero-order valence-corrected chi connectivity index (χ0v) is 16.6. The molecule has 0 bridgehead atoms. The van der Waals surface area contributed by atoms with E-state index >= 15 is 0 Å². The number of carboxylic acids is 1. The monoisotopic (exact) mass is 405 g/mol. The number of amides is 1. The van der Waals surface area contributed by atoms with Crippen molar-refractivity contribution in [3.05, 3.63) is 89.5 Å². The molecule has 3 aromatic carbocycles. The van der Waals surface area contributed by atoms with Gasteiger partial charge >= 0.3 is 5.97 Å². The zero-order chi connectivity index (χ0) is 21.3. The number of carbonyl (C=O) groups is 2. The number of nitrogens with one attached hydrogen (secondary N) is 1. The molecule has 0 saturated heterocycles. The number of aromatic carboxylic acids is 1. The summed E-state index contributed by atoms with van der Waals surface area (Å²) < 4.78 is 11.4. The summed E-state index contributed by atoms with van der Waals surface area (Å²) in [5.74, 6) is -0.366. The quantitative estimate of drug-likeness (QED) is 0.523. The molecule has 3 aromatic rings. The number of hydrogen-bond acceptors (Lipinski definition) is 4. The molecule has 0 radical (unpaired) electrons. The topological polar surface area (TPSA) is 84.9 Å². The van der Waals surface area contributed by atoms with Gasteiger partial charge in [0.05, 0.1) is 17.9 Å². The number of carboxylic acid groups (broad SMARTS) is 1. The van der Waals surface area contributed by atoms with Crippen LogP contribution in [-0.4, -0.2) is 23.6 Å². The molecule has 154 valence electrons. The molecular weight excluding hydrogens is 382 g/mol. The van der Waals surface area contributed by atoms with Crippen LogP contribution in [0.25, 0.3) is 0 Å². The van der Waals surface area contributed by atoms with E-state index in [-0.39, 0.29) is 11.5 Å². The van der Waals surface area contributed by atoms with Gasteiger partial charge in [-0.15, -0.1) is 0 Å². The highest BCUT2D eigenvalue weighted by Gasteiger charge is 2.14. The van der Waals surface area contributed by atoms with Crippen molar-refractivity contribution in [1.82, 2.24) is 0 Å². The minimum absolute atomic E-state index is 0.0683. The van der Waals surface area contributed by atoms with Gasteiger partial charge in [0, 0.05) is 5.56 Å². The van der Waals surface area contributed by atoms with E-state index in [9.17, 15) is 14.7 Å². The third-order valence-corrected chi connectivity index (χ3v) is 4.30. The van der Waals surface area contributed by atoms with Crippen LogP contribution in [0.15, 0.2) is 72.8 Å². The third-order valence-electron chi connectivity index (χ3n) is 4.30. The Labute approximate surface area is 175 Å². The molecular formula is C24H23NO5. The number of anilines is 1. The summed E-state index contributed by atoms with van der Waals surface area (Å²) in [5.41, 5.74) is 1.86. The Bertz CT molecular complexity index is 1000. The van der Waals surface area contributed by atoms with Crippen LogP contribution in [0, 0.1) is 0 Å². The van der Waals surface area contributed by atoms with Gasteiger partial charge in [0.2, 0.25) is 0 Å². The summed E-state index contributed by atoms with van der Waals surface area (Å²) in [7, 11) is 0. The molecule has 6 nitrogen and oxygen atoms in total. The number of ether oxygens (including phenoxy) is 2. The number of carbonyl (C=O) groups excluding carboxylic acids is 1. The van der Waals surface area contributed by atoms with Crippen molar-refractivity contribution in [2.24, 2.45) is 0 Å². The van der Waals surface area contributed by atoms with Gasteiger partial charge in [-0.25, -0.2) is 4.79 Å². The molecule has 0 fully saturated rings. The summed E-state index contributed by atoms with van der Waals surface area (Å²) in [6, 6.07) is 20.9. The van der Waals surface area contributed by atoms with Gasteiger partial charge in [0.15, 0.2) is 0 Å². The highest BCUT2D eigenvalue weighted by Crippen LogP contribution is 2.27. The van der Waals surface area contributed by atoms with Gasteiger partial charge in [-0.2, -0.15) is 0 Å². The SMILES string of the molecule is CCCOc1ccc(C(=O)O)cc1NC(=O)c1ccc(OCc2ccccc2)cc1. The van der Waals surface area contributed by atoms with Crippen molar-refractivity contribution in [2.75, 3.05) is 11.9 Å². The lowest BCUT2D eigenvalue weighted by molar-refractivity contribution is 0.0696. The van der Waals surface area contributed by atoms with Crippen LogP contribution >= 0.6 is 0 Å². The molecule has 0 heterocycles. The van der Waals surface area contributed by atoms with Gasteiger partial charge in [-0.05, 0) is 54.4 Å². The van der Waals surface area contributed by atoms with E-state index in [1.54, 1.807) is 30.3 Å². The van der Waals surface area contributed by atoms with Crippen molar-refractivity contribution in [3.63, 3.8) is 0 Å². The van der Waals surface area contributed by atoms with Crippen LogP contribution in [0.3, 0.4) is 0 Å². The molecule has 0 aliphatic heterocycles. The van der Waals surface area contributed by atoms with Crippen molar-refractivity contribution in [3.8, 4) is 11.5 Å². The molecule has 0 spiro atoms. The van der Waals surface area contributed by atoms with Gasteiger partial charge in [0.25, 0.3) is 5.91 Å². The number of benzene rings is 3. The largest absolute Gasteiger partial charge is 0.491 e. The van der Waals surface area contributed by atoms with E-state index in [1.165, 1.54) is 12.1 Å². The summed E-state index contributed by atoms with van der Waals surface area (Å²) in [5, 5.41) is 12.0. The summed E-state index contributed by atoms with van der Waals surface area (Å²) in [6.07, 6.45) is 0.790. The first kappa shape index (κ1) is 20.9. The lowest BCUT2D eigenvalue weighted by atomic mass is 10.1. The predicted molar refractivity (Wildman–Crippen MR) is 114 cm³/mol. The van der Waals surface area contributed by atoms with E-state index in [0.717, 1.165) is 12.0 Å². The van der Waals surface area contributed by atoms with Crippen molar-refractivity contribution in [2.45, 2.75) is 20.0 Å². The summed E-state index contributed by atoms with van der Waals surface area (Å²) in [4.78, 5) is 23.9. The van der Waals surface area contributed by atoms with E-state index in [1.807, 2.05) is 37.3 Å². The first-order valence-electron chi connectivity index (χ1n) is 9.65. The van der Waals surface area contributed by atoms with Gasteiger partial charge in [-0.1, -0.05) is 37.3 Å². The van der Waals surface area contributed by atoms with Crippen LogP contribution < -0.4 is 14.8 Å². The van der Waals surface area contributed by atoms with E-state index in [0.29, 0.717) is 36.0 Å². The second-order valence-electron chi connectivity index (χ2n) is 6.62. The van der Waals surface area contributed by atoms with Crippen LogP contribution in [0.2, 0.25) is 0 Å². The fourth-order valence-corrected chi connectivity index (χ4v) is 2.74. The fraction of sp³-hybridized carbons (Fsp3) is 0.167. The Morgan fingerprint density at radius 3 is 2.27 bits per heavy atom. The standard InChI is InChI=1S/C24H23NO5/c1-2-14-29-22-13-10-19(24(27)28)15-21(22)25-23(26)18-8-11-20(12-9-18)30-16-17-6-4-3-5-7-17/h3-13,15H,2,14,16H2,1H3,(H,25,26)(H,27,28). The second-order valence-corrected chi connectivity index (χ2v) is 6.62. The van der Waals surface area contributed by atoms with Crippen LogP contribution in [0.1, 0.15) is 39.6 Å². The van der Waals surface area contributed by atoms with Crippen LogP contribution in [0.5, 0.6) is 11.5 Å². The molecule has 0 unspecified atom stereocenters. The average molecular weight is 405 g/mol. The Morgan fingerprint density at radius 2 is 1.60 bits per heavy atom. The fourth-order valence-electron chi connectivity index (χ4n) is 2.74. The molecule has 2 N–H and O–H groups in total. The van der Waals surface area contributed by atoms with E-state index in [4.69, 9.17) is 9.47 Å². The molecule has 0 aliphatic carbocycles. The minimum atomic E-state index is -1.08. The highest BCUT2D eigenvalue weighted by molar-refractivity contribution is 6.05.